The molecule has 0 spiro atoms. The fraction of sp³-hybridized carbons (Fsp3) is 0.333. The van der Waals surface area contributed by atoms with Crippen molar-refractivity contribution in [1.82, 2.24) is 9.55 Å². The Hall–Kier alpha value is -2.54. The van der Waals surface area contributed by atoms with Gasteiger partial charge < -0.3 is 0 Å². The largest absolute Gasteiger partial charge is 0.294 e. The van der Waals surface area contributed by atoms with E-state index in [4.69, 9.17) is 0 Å². The first-order valence-electron chi connectivity index (χ1n) is 8.28. The summed E-state index contributed by atoms with van der Waals surface area (Å²) in [7, 11) is 0. The van der Waals surface area contributed by atoms with Gasteiger partial charge in [-0.25, -0.2) is 4.98 Å². The highest BCUT2D eigenvalue weighted by Gasteiger charge is 2.24. The number of nitro benzene ring substituents is 1. The van der Waals surface area contributed by atoms with Crippen LogP contribution in [-0.4, -0.2) is 14.5 Å². The van der Waals surface area contributed by atoms with Gasteiger partial charge in [-0.15, -0.1) is 11.3 Å². The predicted molar refractivity (Wildman–Crippen MR) is 97.4 cm³/mol. The van der Waals surface area contributed by atoms with Crippen molar-refractivity contribution in [2.75, 3.05) is 0 Å². The molecule has 2 heterocycles. The van der Waals surface area contributed by atoms with Crippen molar-refractivity contribution in [2.24, 2.45) is 0 Å². The van der Waals surface area contributed by atoms with E-state index in [-0.39, 0.29) is 11.2 Å². The number of nitro groups is 1. The van der Waals surface area contributed by atoms with Gasteiger partial charge in [-0.1, -0.05) is 19.1 Å². The van der Waals surface area contributed by atoms with Crippen molar-refractivity contribution in [3.8, 4) is 0 Å². The SMILES string of the molecule is CC1CCCc2sc3ncn(Cc4ccc([N+](=O)[O-])cc4)c(=O)c3c21. The fourth-order valence-corrected chi connectivity index (χ4v) is 4.84. The lowest BCUT2D eigenvalue weighted by Gasteiger charge is -2.18. The van der Waals surface area contributed by atoms with Crippen LogP contribution in [0.25, 0.3) is 10.2 Å². The number of hydrogen-bond acceptors (Lipinski definition) is 5. The third-order valence-corrected chi connectivity index (χ3v) is 6.00. The molecule has 6 nitrogen and oxygen atoms in total. The Labute approximate surface area is 147 Å². The second-order valence-corrected chi connectivity index (χ2v) is 7.60. The molecule has 1 atom stereocenters. The zero-order valence-electron chi connectivity index (χ0n) is 13.8. The Morgan fingerprint density at radius 1 is 1.36 bits per heavy atom. The lowest BCUT2D eigenvalue weighted by molar-refractivity contribution is -0.384. The number of fused-ring (bicyclic) bond motifs is 3. The number of nitrogens with zero attached hydrogens (tertiary/aromatic N) is 3. The van der Waals surface area contributed by atoms with Gasteiger partial charge >= 0.3 is 0 Å². The summed E-state index contributed by atoms with van der Waals surface area (Å²) < 4.78 is 1.60. The van der Waals surface area contributed by atoms with E-state index in [2.05, 4.69) is 11.9 Å². The van der Waals surface area contributed by atoms with E-state index in [1.807, 2.05) is 0 Å². The topological polar surface area (TPSA) is 78.0 Å². The average Bonchev–Trinajstić information content (AvgIpc) is 2.98. The summed E-state index contributed by atoms with van der Waals surface area (Å²) in [6.07, 6.45) is 4.88. The van der Waals surface area contributed by atoms with Gasteiger partial charge in [0.05, 0.1) is 23.2 Å². The lowest BCUT2D eigenvalue weighted by Crippen LogP contribution is -2.22. The quantitative estimate of drug-likeness (QED) is 0.528. The van der Waals surface area contributed by atoms with Gasteiger partial charge in [0.2, 0.25) is 0 Å². The summed E-state index contributed by atoms with van der Waals surface area (Å²) in [4.78, 5) is 29.9. The van der Waals surface area contributed by atoms with Crippen LogP contribution in [0.15, 0.2) is 35.4 Å². The molecule has 3 aromatic rings. The molecule has 0 N–H and O–H groups in total. The minimum Gasteiger partial charge on any atom is -0.294 e. The van der Waals surface area contributed by atoms with E-state index in [1.165, 1.54) is 22.6 Å². The maximum Gasteiger partial charge on any atom is 0.269 e. The first-order chi connectivity index (χ1) is 12.0. The van der Waals surface area contributed by atoms with Crippen LogP contribution in [0.3, 0.4) is 0 Å². The van der Waals surface area contributed by atoms with Gasteiger partial charge in [0.15, 0.2) is 0 Å². The molecule has 4 rings (SSSR count). The van der Waals surface area contributed by atoms with Crippen LogP contribution in [-0.2, 0) is 13.0 Å². The number of benzene rings is 1. The molecule has 0 saturated carbocycles. The third kappa shape index (κ3) is 2.74. The summed E-state index contributed by atoms with van der Waals surface area (Å²) in [5, 5.41) is 11.5. The first-order valence-corrected chi connectivity index (χ1v) is 9.10. The predicted octanol–water partition coefficient (Wildman–Crippen LogP) is 3.85. The van der Waals surface area contributed by atoms with Crippen molar-refractivity contribution >= 4 is 27.2 Å². The average molecular weight is 355 g/mol. The smallest absolute Gasteiger partial charge is 0.269 e. The van der Waals surface area contributed by atoms with E-state index in [1.54, 1.807) is 34.4 Å². The summed E-state index contributed by atoms with van der Waals surface area (Å²) >= 11 is 1.64. The molecule has 1 aliphatic carbocycles. The van der Waals surface area contributed by atoms with Crippen LogP contribution in [0.4, 0.5) is 5.69 Å². The Morgan fingerprint density at radius 2 is 2.12 bits per heavy atom. The van der Waals surface area contributed by atoms with Crippen LogP contribution in [0, 0.1) is 10.1 Å². The van der Waals surface area contributed by atoms with Gasteiger partial charge in [-0.2, -0.15) is 0 Å². The molecule has 0 fully saturated rings. The second-order valence-electron chi connectivity index (χ2n) is 6.51. The fourth-order valence-electron chi connectivity index (χ4n) is 3.55. The molecule has 1 unspecified atom stereocenters. The molecule has 0 radical (unpaired) electrons. The number of rotatable bonds is 3. The van der Waals surface area contributed by atoms with Crippen molar-refractivity contribution in [1.29, 1.82) is 0 Å². The van der Waals surface area contributed by atoms with Crippen LogP contribution in [0.2, 0.25) is 0 Å². The highest BCUT2D eigenvalue weighted by Crippen LogP contribution is 2.39. The highest BCUT2D eigenvalue weighted by molar-refractivity contribution is 7.18. The number of aryl methyl sites for hydroxylation is 1. The van der Waals surface area contributed by atoms with Gasteiger partial charge in [0.25, 0.3) is 11.2 Å². The molecule has 25 heavy (non-hydrogen) atoms. The van der Waals surface area contributed by atoms with E-state index in [0.29, 0.717) is 12.5 Å². The van der Waals surface area contributed by atoms with Gasteiger partial charge in [-0.3, -0.25) is 19.5 Å². The summed E-state index contributed by atoms with van der Waals surface area (Å²) in [6.45, 7) is 2.54. The van der Waals surface area contributed by atoms with Crippen LogP contribution in [0.1, 0.15) is 41.7 Å². The highest BCUT2D eigenvalue weighted by atomic mass is 32.1. The van der Waals surface area contributed by atoms with Gasteiger partial charge in [0, 0.05) is 17.0 Å². The Balaban J connectivity index is 1.75. The maximum absolute atomic E-state index is 13.0. The Bertz CT molecular complexity index is 1020. The molecule has 2 aromatic heterocycles. The molecule has 1 aliphatic rings. The molecular formula is C18H17N3O3S. The molecular weight excluding hydrogens is 338 g/mol. The summed E-state index contributed by atoms with van der Waals surface area (Å²) in [6, 6.07) is 6.28. The third-order valence-electron chi connectivity index (χ3n) is 4.83. The normalized spacial score (nSPS) is 16.8. The molecule has 0 saturated heterocycles. The number of thiophene rings is 1. The molecule has 7 heteroatoms. The standard InChI is InChI=1S/C18H17N3O3S/c1-11-3-2-4-14-15(11)16-17(25-14)19-10-20(18(16)22)9-12-5-7-13(8-6-12)21(23)24/h5-8,10-11H,2-4,9H2,1H3. The zero-order chi connectivity index (χ0) is 17.6. The molecule has 1 aromatic carbocycles. The van der Waals surface area contributed by atoms with Crippen LogP contribution in [0.5, 0.6) is 0 Å². The zero-order valence-corrected chi connectivity index (χ0v) is 14.6. The van der Waals surface area contributed by atoms with E-state index < -0.39 is 4.92 Å². The Morgan fingerprint density at radius 3 is 2.84 bits per heavy atom. The van der Waals surface area contributed by atoms with Gasteiger partial charge in [-0.05, 0) is 36.3 Å². The lowest BCUT2D eigenvalue weighted by atomic mass is 9.88. The second kappa shape index (κ2) is 6.07. The van der Waals surface area contributed by atoms with Crippen LogP contribution >= 0.6 is 11.3 Å². The van der Waals surface area contributed by atoms with E-state index >= 15 is 0 Å². The number of non-ortho nitro benzene ring substituents is 1. The van der Waals surface area contributed by atoms with E-state index in [9.17, 15) is 14.9 Å². The minimum absolute atomic E-state index is 0.0189. The molecule has 0 bridgehead atoms. The summed E-state index contributed by atoms with van der Waals surface area (Å²) in [5.74, 6) is 0.391. The summed E-state index contributed by atoms with van der Waals surface area (Å²) in [5.41, 5.74) is 2.05. The molecule has 0 amide bonds. The number of hydrogen-bond donors (Lipinski definition) is 0. The van der Waals surface area contributed by atoms with Crippen molar-refractivity contribution < 1.29 is 4.92 Å². The number of aromatic nitrogens is 2. The van der Waals surface area contributed by atoms with Gasteiger partial charge in [0.1, 0.15) is 4.83 Å². The molecule has 128 valence electrons. The van der Waals surface area contributed by atoms with Crippen molar-refractivity contribution in [3.63, 3.8) is 0 Å². The molecule has 0 aliphatic heterocycles. The van der Waals surface area contributed by atoms with E-state index in [0.717, 1.165) is 35.0 Å². The van der Waals surface area contributed by atoms with Crippen molar-refractivity contribution in [2.45, 2.75) is 38.6 Å². The first kappa shape index (κ1) is 16.0. The van der Waals surface area contributed by atoms with Crippen molar-refractivity contribution in [3.05, 3.63) is 67.1 Å². The van der Waals surface area contributed by atoms with Crippen LogP contribution < -0.4 is 5.56 Å². The minimum atomic E-state index is -0.428. The Kier molecular flexibility index (Phi) is 3.88. The monoisotopic (exact) mass is 355 g/mol. The maximum atomic E-state index is 13.0.